The molecule has 1 nitrogen and oxygen atoms in total. The van der Waals surface area contributed by atoms with Crippen molar-refractivity contribution in [2.24, 2.45) is 0 Å². The number of benzene rings is 2. The molecule has 0 radical (unpaired) electrons. The first-order valence-corrected chi connectivity index (χ1v) is 7.16. The molecule has 0 spiro atoms. The predicted octanol–water partition coefficient (Wildman–Crippen LogP) is 4.19. The molecule has 0 amide bonds. The Morgan fingerprint density at radius 3 is 2.30 bits per heavy atom. The van der Waals surface area contributed by atoms with Gasteiger partial charge >= 0.3 is 0 Å². The normalized spacial score (nSPS) is 12.4. The highest BCUT2D eigenvalue weighted by atomic mass is 35.5. The van der Waals surface area contributed by atoms with Crippen LogP contribution in [0.1, 0.15) is 23.6 Å². The van der Waals surface area contributed by atoms with Crippen molar-refractivity contribution < 1.29 is 9.50 Å². The van der Waals surface area contributed by atoms with Gasteiger partial charge in [0.1, 0.15) is 5.82 Å². The Labute approximate surface area is 124 Å². The van der Waals surface area contributed by atoms with Crippen molar-refractivity contribution in [3.05, 3.63) is 70.0 Å². The van der Waals surface area contributed by atoms with Crippen molar-refractivity contribution in [3.63, 3.8) is 0 Å². The topological polar surface area (TPSA) is 20.2 Å². The van der Waals surface area contributed by atoms with Gasteiger partial charge in [-0.15, -0.1) is 0 Å². The molecule has 106 valence electrons. The average Bonchev–Trinajstić information content (AvgIpc) is 2.44. The second-order valence-corrected chi connectivity index (χ2v) is 5.34. The summed E-state index contributed by atoms with van der Waals surface area (Å²) in [6.07, 6.45) is 1.07. The van der Waals surface area contributed by atoms with E-state index in [1.54, 1.807) is 12.1 Å². The van der Waals surface area contributed by atoms with E-state index in [2.05, 4.69) is 19.1 Å². The second-order valence-electron chi connectivity index (χ2n) is 4.93. The van der Waals surface area contributed by atoms with Crippen molar-refractivity contribution in [2.75, 3.05) is 0 Å². The first-order valence-electron chi connectivity index (χ1n) is 6.79. The summed E-state index contributed by atoms with van der Waals surface area (Å²) < 4.78 is 13.7. The largest absolute Gasteiger partial charge is 0.392 e. The van der Waals surface area contributed by atoms with E-state index in [-0.39, 0.29) is 12.2 Å². The zero-order chi connectivity index (χ0) is 14.5. The van der Waals surface area contributed by atoms with E-state index in [1.807, 2.05) is 12.1 Å². The molecular weight excluding hydrogens is 275 g/mol. The summed E-state index contributed by atoms with van der Waals surface area (Å²) in [6, 6.07) is 12.7. The Morgan fingerprint density at radius 1 is 1.05 bits per heavy atom. The van der Waals surface area contributed by atoms with E-state index < -0.39 is 6.10 Å². The Kier molecular flexibility index (Phi) is 5.16. The third-order valence-corrected chi connectivity index (χ3v) is 3.76. The van der Waals surface area contributed by atoms with Crippen LogP contribution in [0.3, 0.4) is 0 Å². The SMILES string of the molecule is CCc1ccc(CC(O)Cc2c(F)cccc2Cl)cc1. The number of hydrogen-bond donors (Lipinski definition) is 1. The van der Waals surface area contributed by atoms with Crippen LogP contribution in [0.25, 0.3) is 0 Å². The minimum absolute atomic E-state index is 0.223. The van der Waals surface area contributed by atoms with Gasteiger partial charge in [-0.2, -0.15) is 0 Å². The lowest BCUT2D eigenvalue weighted by Crippen LogP contribution is -2.15. The molecule has 0 heterocycles. The van der Waals surface area contributed by atoms with Gasteiger partial charge in [0.25, 0.3) is 0 Å². The smallest absolute Gasteiger partial charge is 0.127 e. The molecular formula is C17H18ClFO. The van der Waals surface area contributed by atoms with Gasteiger partial charge in [-0.25, -0.2) is 4.39 Å². The van der Waals surface area contributed by atoms with E-state index >= 15 is 0 Å². The molecule has 3 heteroatoms. The molecule has 0 saturated heterocycles. The minimum atomic E-state index is -0.642. The van der Waals surface area contributed by atoms with Crippen LogP contribution in [0.4, 0.5) is 4.39 Å². The molecule has 1 unspecified atom stereocenters. The first-order chi connectivity index (χ1) is 9.60. The lowest BCUT2D eigenvalue weighted by Gasteiger charge is -2.13. The number of aryl methyl sites for hydroxylation is 1. The van der Waals surface area contributed by atoms with Gasteiger partial charge in [0, 0.05) is 17.0 Å². The Hall–Kier alpha value is -1.38. The van der Waals surface area contributed by atoms with E-state index in [4.69, 9.17) is 11.6 Å². The number of aliphatic hydroxyl groups excluding tert-OH is 1. The third kappa shape index (κ3) is 3.81. The molecule has 2 aromatic carbocycles. The maximum Gasteiger partial charge on any atom is 0.127 e. The van der Waals surface area contributed by atoms with Gasteiger partial charge in [0.05, 0.1) is 6.10 Å². The summed E-state index contributed by atoms with van der Waals surface area (Å²) in [5, 5.41) is 10.5. The number of hydrogen-bond acceptors (Lipinski definition) is 1. The predicted molar refractivity (Wildman–Crippen MR) is 80.6 cm³/mol. The molecule has 1 atom stereocenters. The maximum atomic E-state index is 13.7. The van der Waals surface area contributed by atoms with Crippen LogP contribution in [0.5, 0.6) is 0 Å². The van der Waals surface area contributed by atoms with Gasteiger partial charge < -0.3 is 5.11 Å². The molecule has 0 aliphatic heterocycles. The first kappa shape index (κ1) is 15.0. The number of aliphatic hydroxyl groups is 1. The Morgan fingerprint density at radius 2 is 1.70 bits per heavy atom. The van der Waals surface area contributed by atoms with Crippen molar-refractivity contribution in [3.8, 4) is 0 Å². The zero-order valence-electron chi connectivity index (χ0n) is 11.4. The fraction of sp³-hybridized carbons (Fsp3) is 0.294. The number of rotatable bonds is 5. The summed E-state index contributed by atoms with van der Waals surface area (Å²) in [5.74, 6) is -0.363. The molecule has 0 aliphatic carbocycles. The fourth-order valence-electron chi connectivity index (χ4n) is 2.22. The second kappa shape index (κ2) is 6.87. The molecule has 2 aromatic rings. The highest BCUT2D eigenvalue weighted by molar-refractivity contribution is 6.31. The van der Waals surface area contributed by atoms with Crippen LogP contribution in [0.15, 0.2) is 42.5 Å². The van der Waals surface area contributed by atoms with Crippen LogP contribution in [-0.2, 0) is 19.3 Å². The van der Waals surface area contributed by atoms with Crippen LogP contribution in [0.2, 0.25) is 5.02 Å². The Bertz CT molecular complexity index is 545. The summed E-state index contributed by atoms with van der Waals surface area (Å²) >= 11 is 5.97. The van der Waals surface area contributed by atoms with Crippen LogP contribution in [0, 0.1) is 5.82 Å². The Balaban J connectivity index is 2.03. The van der Waals surface area contributed by atoms with Gasteiger partial charge in [-0.05, 0) is 36.1 Å². The van der Waals surface area contributed by atoms with E-state index in [1.165, 1.54) is 11.6 Å². The van der Waals surface area contributed by atoms with Gasteiger partial charge in [-0.3, -0.25) is 0 Å². The summed E-state index contributed by atoms with van der Waals surface area (Å²) in [5.41, 5.74) is 2.69. The highest BCUT2D eigenvalue weighted by Gasteiger charge is 2.13. The zero-order valence-corrected chi connectivity index (χ0v) is 12.2. The number of halogens is 2. The molecule has 20 heavy (non-hydrogen) atoms. The lowest BCUT2D eigenvalue weighted by molar-refractivity contribution is 0.174. The minimum Gasteiger partial charge on any atom is -0.392 e. The lowest BCUT2D eigenvalue weighted by atomic mass is 10.00. The summed E-state index contributed by atoms with van der Waals surface area (Å²) in [7, 11) is 0. The van der Waals surface area contributed by atoms with Crippen LogP contribution in [-0.4, -0.2) is 11.2 Å². The van der Waals surface area contributed by atoms with Gasteiger partial charge in [0.15, 0.2) is 0 Å². The highest BCUT2D eigenvalue weighted by Crippen LogP contribution is 2.21. The maximum absolute atomic E-state index is 13.7. The average molecular weight is 293 g/mol. The quantitative estimate of drug-likeness (QED) is 0.876. The molecule has 2 rings (SSSR count). The van der Waals surface area contributed by atoms with E-state index in [0.717, 1.165) is 12.0 Å². The van der Waals surface area contributed by atoms with Gasteiger partial charge in [0.2, 0.25) is 0 Å². The fourth-order valence-corrected chi connectivity index (χ4v) is 2.46. The monoisotopic (exact) mass is 292 g/mol. The van der Waals surface area contributed by atoms with E-state index in [9.17, 15) is 9.50 Å². The molecule has 0 fully saturated rings. The third-order valence-electron chi connectivity index (χ3n) is 3.40. The molecule has 0 aromatic heterocycles. The van der Waals surface area contributed by atoms with E-state index in [0.29, 0.717) is 17.0 Å². The summed E-state index contributed by atoms with van der Waals surface area (Å²) in [6.45, 7) is 2.10. The molecule has 0 bridgehead atoms. The van der Waals surface area contributed by atoms with Crippen molar-refractivity contribution in [2.45, 2.75) is 32.3 Å². The van der Waals surface area contributed by atoms with Gasteiger partial charge in [-0.1, -0.05) is 48.9 Å². The van der Waals surface area contributed by atoms with Crippen molar-refractivity contribution in [1.29, 1.82) is 0 Å². The van der Waals surface area contributed by atoms with Crippen molar-refractivity contribution >= 4 is 11.6 Å². The standard InChI is InChI=1S/C17H18ClFO/c1-2-12-6-8-13(9-7-12)10-14(20)11-15-16(18)4-3-5-17(15)19/h3-9,14,20H,2,10-11H2,1H3. The molecule has 1 N–H and O–H groups in total. The summed E-state index contributed by atoms with van der Waals surface area (Å²) in [4.78, 5) is 0. The van der Waals surface area contributed by atoms with Crippen molar-refractivity contribution in [1.82, 2.24) is 0 Å². The van der Waals surface area contributed by atoms with Crippen LogP contribution >= 0.6 is 11.6 Å². The molecule has 0 aliphatic rings. The van der Waals surface area contributed by atoms with Crippen LogP contribution < -0.4 is 0 Å². The molecule has 0 saturated carbocycles.